The Balaban J connectivity index is 1.60. The highest BCUT2D eigenvalue weighted by molar-refractivity contribution is 7.07. The van der Waals surface area contributed by atoms with Crippen molar-refractivity contribution in [2.45, 2.75) is 32.7 Å². The van der Waals surface area contributed by atoms with Gasteiger partial charge in [-0.15, -0.1) is 0 Å². The molecule has 0 bridgehead atoms. The largest absolute Gasteiger partial charge is 0.463 e. The maximum Gasteiger partial charge on any atom is 0.338 e. The van der Waals surface area contributed by atoms with Crippen LogP contribution in [0.4, 0.5) is 15.8 Å². The standard InChI is InChI=1S/C34H31FN4O5S/c1-3-44-33(41)29-30(22-7-5-4-6-8-22)36-34-38(31(29)23-9-11-25(35)12-10-23)32(40)28(45-34)20-24-19-26(39(42)43)13-14-27(24)37-17-15-21(2)16-18-37/h4-14,19-21,31H,3,15-18H2,1-2H3/b28-20+/t31-/m1/s1. The molecule has 4 aromatic rings. The van der Waals surface area contributed by atoms with Crippen molar-refractivity contribution in [2.24, 2.45) is 10.9 Å². The zero-order valence-corrected chi connectivity index (χ0v) is 25.6. The molecule has 3 aromatic carbocycles. The number of benzene rings is 3. The molecule has 3 heterocycles. The highest BCUT2D eigenvalue weighted by Crippen LogP contribution is 2.35. The summed E-state index contributed by atoms with van der Waals surface area (Å²) in [7, 11) is 0. The number of fused-ring (bicyclic) bond motifs is 1. The van der Waals surface area contributed by atoms with Crippen LogP contribution in [-0.4, -0.2) is 35.2 Å². The molecule has 1 aromatic heterocycles. The van der Waals surface area contributed by atoms with Gasteiger partial charge in [-0.1, -0.05) is 60.7 Å². The van der Waals surface area contributed by atoms with Gasteiger partial charge in [-0.05, 0) is 55.5 Å². The molecule has 0 N–H and O–H groups in total. The lowest BCUT2D eigenvalue weighted by atomic mass is 9.93. The number of nitrogens with zero attached hydrogens (tertiary/aromatic N) is 4. The number of nitro benzene ring substituents is 1. The predicted molar refractivity (Wildman–Crippen MR) is 171 cm³/mol. The maximum absolute atomic E-state index is 14.3. The lowest BCUT2D eigenvalue weighted by molar-refractivity contribution is -0.384. The zero-order chi connectivity index (χ0) is 31.7. The molecule has 6 rings (SSSR count). The molecule has 0 radical (unpaired) electrons. The van der Waals surface area contributed by atoms with E-state index in [2.05, 4.69) is 11.8 Å². The van der Waals surface area contributed by atoms with Gasteiger partial charge < -0.3 is 9.64 Å². The van der Waals surface area contributed by atoms with E-state index >= 15 is 0 Å². The molecule has 0 amide bonds. The van der Waals surface area contributed by atoms with Crippen LogP contribution < -0.4 is 19.8 Å². The summed E-state index contributed by atoms with van der Waals surface area (Å²) in [5.41, 5.74) is 2.54. The molecule has 0 saturated carbocycles. The molecule has 1 fully saturated rings. The van der Waals surface area contributed by atoms with Crippen molar-refractivity contribution in [2.75, 3.05) is 24.6 Å². The quantitative estimate of drug-likeness (QED) is 0.158. The number of nitro groups is 1. The van der Waals surface area contributed by atoms with E-state index in [9.17, 15) is 24.1 Å². The van der Waals surface area contributed by atoms with Gasteiger partial charge in [0.1, 0.15) is 5.82 Å². The average molecular weight is 627 g/mol. The van der Waals surface area contributed by atoms with Gasteiger partial charge in [0.2, 0.25) is 0 Å². The van der Waals surface area contributed by atoms with Gasteiger partial charge in [0.25, 0.3) is 11.2 Å². The van der Waals surface area contributed by atoms with E-state index < -0.39 is 28.3 Å². The Morgan fingerprint density at radius 3 is 2.49 bits per heavy atom. The fourth-order valence-corrected chi connectivity index (χ4v) is 6.84. The van der Waals surface area contributed by atoms with E-state index in [1.165, 1.54) is 28.8 Å². The van der Waals surface area contributed by atoms with Crippen molar-refractivity contribution in [3.63, 3.8) is 0 Å². The number of thiazole rings is 1. The van der Waals surface area contributed by atoms with Crippen LogP contribution >= 0.6 is 11.3 Å². The fourth-order valence-electron chi connectivity index (χ4n) is 5.85. The maximum atomic E-state index is 14.3. The third kappa shape index (κ3) is 5.95. The number of esters is 1. The van der Waals surface area contributed by atoms with Gasteiger partial charge in [0.05, 0.1) is 33.4 Å². The highest BCUT2D eigenvalue weighted by Gasteiger charge is 2.35. The number of hydrogen-bond acceptors (Lipinski definition) is 8. The number of carbonyl (C=O) groups excluding carboxylic acids is 1. The predicted octanol–water partition coefficient (Wildman–Crippen LogP) is 5.22. The van der Waals surface area contributed by atoms with Crippen molar-refractivity contribution in [1.29, 1.82) is 0 Å². The molecular weight excluding hydrogens is 595 g/mol. The summed E-state index contributed by atoms with van der Waals surface area (Å²) >= 11 is 1.13. The molecule has 230 valence electrons. The highest BCUT2D eigenvalue weighted by atomic mass is 32.1. The van der Waals surface area contributed by atoms with Gasteiger partial charge in [-0.2, -0.15) is 0 Å². The van der Waals surface area contributed by atoms with Crippen LogP contribution in [0.2, 0.25) is 0 Å². The van der Waals surface area contributed by atoms with Crippen molar-refractivity contribution in [1.82, 2.24) is 4.57 Å². The molecular formula is C34H31FN4O5S. The average Bonchev–Trinajstić information content (AvgIpc) is 3.35. The summed E-state index contributed by atoms with van der Waals surface area (Å²) in [6.07, 6.45) is 3.66. The van der Waals surface area contributed by atoms with E-state index in [1.807, 2.05) is 30.3 Å². The minimum Gasteiger partial charge on any atom is -0.463 e. The number of carbonyl (C=O) groups is 1. The van der Waals surface area contributed by atoms with E-state index in [0.29, 0.717) is 37.6 Å². The Morgan fingerprint density at radius 2 is 1.82 bits per heavy atom. The fraction of sp³-hybridized carbons (Fsp3) is 0.265. The number of ether oxygens (including phenoxy) is 1. The molecule has 2 aliphatic rings. The minimum atomic E-state index is -0.952. The van der Waals surface area contributed by atoms with Gasteiger partial charge >= 0.3 is 5.97 Å². The second kappa shape index (κ2) is 12.6. The molecule has 0 unspecified atom stereocenters. The number of aromatic nitrogens is 1. The Bertz CT molecular complexity index is 1980. The summed E-state index contributed by atoms with van der Waals surface area (Å²) < 4.78 is 21.3. The third-order valence-electron chi connectivity index (χ3n) is 8.19. The van der Waals surface area contributed by atoms with Crippen molar-refractivity contribution >= 4 is 40.5 Å². The molecule has 2 aliphatic heterocycles. The monoisotopic (exact) mass is 626 g/mol. The third-order valence-corrected chi connectivity index (χ3v) is 9.18. The first-order valence-corrected chi connectivity index (χ1v) is 15.6. The summed E-state index contributed by atoms with van der Waals surface area (Å²) in [4.78, 5) is 46.5. The Morgan fingerprint density at radius 1 is 1.11 bits per heavy atom. The normalized spacial score (nSPS) is 17.2. The molecule has 0 aliphatic carbocycles. The zero-order valence-electron chi connectivity index (χ0n) is 24.8. The van der Waals surface area contributed by atoms with E-state index in [0.717, 1.165) is 43.0 Å². The molecule has 0 spiro atoms. The first-order valence-electron chi connectivity index (χ1n) is 14.8. The number of anilines is 1. The molecule has 45 heavy (non-hydrogen) atoms. The van der Waals surface area contributed by atoms with Gasteiger partial charge in [-0.25, -0.2) is 14.2 Å². The van der Waals surface area contributed by atoms with Gasteiger partial charge in [-0.3, -0.25) is 19.5 Å². The van der Waals surface area contributed by atoms with E-state index in [-0.39, 0.29) is 17.9 Å². The number of piperidine rings is 1. The lowest BCUT2D eigenvalue weighted by Crippen LogP contribution is -2.40. The van der Waals surface area contributed by atoms with Crippen LogP contribution in [0, 0.1) is 21.8 Å². The van der Waals surface area contributed by atoms with Crippen LogP contribution in [0.5, 0.6) is 0 Å². The van der Waals surface area contributed by atoms with E-state index in [4.69, 9.17) is 9.73 Å². The van der Waals surface area contributed by atoms with Crippen LogP contribution in [0.25, 0.3) is 11.8 Å². The molecule has 9 nitrogen and oxygen atoms in total. The van der Waals surface area contributed by atoms with E-state index in [1.54, 1.807) is 31.2 Å². The second-order valence-corrected chi connectivity index (χ2v) is 12.2. The summed E-state index contributed by atoms with van der Waals surface area (Å²) in [5, 5.41) is 11.7. The number of hydrogen-bond donors (Lipinski definition) is 0. The van der Waals surface area contributed by atoms with Crippen LogP contribution in [0.15, 0.2) is 88.2 Å². The second-order valence-electron chi connectivity index (χ2n) is 11.2. The summed E-state index contributed by atoms with van der Waals surface area (Å²) in [6, 6.07) is 18.6. The molecule has 1 atom stereocenters. The van der Waals surface area contributed by atoms with Crippen molar-refractivity contribution in [3.8, 4) is 0 Å². The Labute approximate surface area is 262 Å². The number of halogens is 1. The molecule has 11 heteroatoms. The van der Waals surface area contributed by atoms with Crippen LogP contribution in [0.3, 0.4) is 0 Å². The molecule has 1 saturated heterocycles. The SMILES string of the molecule is CCOC(=O)C1=C(c2ccccc2)N=c2s/c(=C/c3cc([N+](=O)[O-])ccc3N3CCC(C)CC3)c(=O)n2[C@@H]1c1ccc(F)cc1. The van der Waals surface area contributed by atoms with Crippen LogP contribution in [0.1, 0.15) is 49.4 Å². The van der Waals surface area contributed by atoms with Gasteiger partial charge in [0, 0.05) is 42.0 Å². The number of non-ortho nitro benzene ring substituents is 1. The lowest BCUT2D eigenvalue weighted by Gasteiger charge is -2.33. The minimum absolute atomic E-state index is 0.0803. The first kappa shape index (κ1) is 30.1. The topological polar surface area (TPSA) is 107 Å². The van der Waals surface area contributed by atoms with Gasteiger partial charge in [0.15, 0.2) is 4.80 Å². The van der Waals surface area contributed by atoms with Crippen LogP contribution in [-0.2, 0) is 9.53 Å². The smallest absolute Gasteiger partial charge is 0.338 e. The summed E-state index contributed by atoms with van der Waals surface area (Å²) in [5.74, 6) is -0.504. The Kier molecular flexibility index (Phi) is 8.44. The van der Waals surface area contributed by atoms with Crippen molar-refractivity contribution < 1.29 is 18.8 Å². The number of rotatable bonds is 7. The Hall–Kier alpha value is -4.90. The summed E-state index contributed by atoms with van der Waals surface area (Å²) in [6.45, 7) is 5.61. The first-order chi connectivity index (χ1) is 21.7. The van der Waals surface area contributed by atoms with Crippen molar-refractivity contribution in [3.05, 3.63) is 131 Å².